The van der Waals surface area contributed by atoms with Gasteiger partial charge in [-0.15, -0.1) is 0 Å². The van der Waals surface area contributed by atoms with Gasteiger partial charge in [0, 0.05) is 42.4 Å². The Kier molecular flexibility index (Phi) is 7.00. The number of piperidine rings is 2. The molecule has 2 aliphatic rings. The fourth-order valence-electron chi connectivity index (χ4n) is 5.41. The number of fused-ring (bicyclic) bond motifs is 1. The van der Waals surface area contributed by atoms with Gasteiger partial charge in [-0.1, -0.05) is 36.4 Å². The SMILES string of the molecule is COc1cccc(NC(=O)C2CCN(C3CCN(C(=O)c4ccc5ccccc5c4)CC3)CC2)c1. The van der Waals surface area contributed by atoms with Crippen molar-refractivity contribution >= 4 is 28.3 Å². The number of anilines is 1. The quantitative estimate of drug-likeness (QED) is 0.581. The maximum atomic E-state index is 13.1. The van der Waals surface area contributed by atoms with Gasteiger partial charge in [0.15, 0.2) is 0 Å². The lowest BCUT2D eigenvalue weighted by Gasteiger charge is -2.41. The molecule has 2 saturated heterocycles. The van der Waals surface area contributed by atoms with Crippen molar-refractivity contribution in [3.8, 4) is 5.75 Å². The average molecular weight is 472 g/mol. The standard InChI is InChI=1S/C29H33N3O3/c1-35-27-8-4-7-25(20-27)30-28(33)22-11-15-31(16-12-22)26-13-17-32(18-14-26)29(34)24-10-9-21-5-2-3-6-23(21)19-24/h2-10,19-20,22,26H,11-18H2,1H3,(H,30,33). The van der Waals surface area contributed by atoms with Crippen molar-refractivity contribution in [2.45, 2.75) is 31.7 Å². The van der Waals surface area contributed by atoms with Crippen molar-refractivity contribution in [3.05, 3.63) is 72.3 Å². The van der Waals surface area contributed by atoms with Crippen LogP contribution in [0.3, 0.4) is 0 Å². The average Bonchev–Trinajstić information content (AvgIpc) is 2.92. The third-order valence-corrected chi connectivity index (χ3v) is 7.50. The second-order valence-electron chi connectivity index (χ2n) is 9.62. The Labute approximate surface area is 206 Å². The molecule has 0 aromatic heterocycles. The van der Waals surface area contributed by atoms with E-state index >= 15 is 0 Å². The topological polar surface area (TPSA) is 61.9 Å². The van der Waals surface area contributed by atoms with Crippen LogP contribution >= 0.6 is 0 Å². The van der Waals surface area contributed by atoms with Gasteiger partial charge in [0.05, 0.1) is 7.11 Å². The molecule has 0 bridgehead atoms. The van der Waals surface area contributed by atoms with Crippen LogP contribution in [0.2, 0.25) is 0 Å². The van der Waals surface area contributed by atoms with Gasteiger partial charge < -0.3 is 19.9 Å². The first-order valence-corrected chi connectivity index (χ1v) is 12.6. The molecule has 0 unspecified atom stereocenters. The Hall–Kier alpha value is -3.38. The molecule has 182 valence electrons. The summed E-state index contributed by atoms with van der Waals surface area (Å²) in [5.41, 5.74) is 1.55. The van der Waals surface area contributed by atoms with Crippen LogP contribution in [0.15, 0.2) is 66.7 Å². The zero-order valence-corrected chi connectivity index (χ0v) is 20.3. The second-order valence-corrected chi connectivity index (χ2v) is 9.62. The number of carbonyl (C=O) groups is 2. The van der Waals surface area contributed by atoms with Crippen LogP contribution in [0.5, 0.6) is 5.75 Å². The van der Waals surface area contributed by atoms with Crippen LogP contribution in [0.1, 0.15) is 36.0 Å². The summed E-state index contributed by atoms with van der Waals surface area (Å²) in [6.07, 6.45) is 3.71. The molecule has 1 N–H and O–H groups in total. The van der Waals surface area contributed by atoms with Crippen LogP contribution in [-0.2, 0) is 4.79 Å². The minimum Gasteiger partial charge on any atom is -0.497 e. The predicted octanol–water partition coefficient (Wildman–Crippen LogP) is 4.80. The smallest absolute Gasteiger partial charge is 0.253 e. The molecule has 3 aromatic rings. The van der Waals surface area contributed by atoms with Crippen LogP contribution in [-0.4, -0.2) is 60.9 Å². The van der Waals surface area contributed by atoms with Crippen molar-refractivity contribution in [1.82, 2.24) is 9.80 Å². The largest absolute Gasteiger partial charge is 0.497 e. The highest BCUT2D eigenvalue weighted by Crippen LogP contribution is 2.26. The fraction of sp³-hybridized carbons (Fsp3) is 0.379. The molecule has 0 aliphatic carbocycles. The van der Waals surface area contributed by atoms with Gasteiger partial charge in [0.2, 0.25) is 5.91 Å². The number of amides is 2. The van der Waals surface area contributed by atoms with Gasteiger partial charge in [-0.2, -0.15) is 0 Å². The molecule has 2 aliphatic heterocycles. The second kappa shape index (κ2) is 10.5. The van der Waals surface area contributed by atoms with Gasteiger partial charge >= 0.3 is 0 Å². The summed E-state index contributed by atoms with van der Waals surface area (Å²) in [5, 5.41) is 5.30. The number of hydrogen-bond donors (Lipinski definition) is 1. The molecular weight excluding hydrogens is 438 g/mol. The highest BCUT2D eigenvalue weighted by Gasteiger charge is 2.32. The first-order valence-electron chi connectivity index (χ1n) is 12.6. The van der Waals surface area contributed by atoms with E-state index in [1.165, 1.54) is 0 Å². The Bertz CT molecular complexity index is 1190. The third-order valence-electron chi connectivity index (χ3n) is 7.50. The maximum Gasteiger partial charge on any atom is 0.253 e. The number of nitrogens with zero attached hydrogens (tertiary/aromatic N) is 2. The lowest BCUT2D eigenvalue weighted by Crippen LogP contribution is -2.49. The van der Waals surface area contributed by atoms with E-state index in [0.29, 0.717) is 6.04 Å². The Balaban J connectivity index is 1.10. The van der Waals surface area contributed by atoms with Crippen molar-refractivity contribution in [2.24, 2.45) is 5.92 Å². The van der Waals surface area contributed by atoms with E-state index in [9.17, 15) is 9.59 Å². The monoisotopic (exact) mass is 471 g/mol. The Morgan fingerprint density at radius 3 is 2.31 bits per heavy atom. The summed E-state index contributed by atoms with van der Waals surface area (Å²) in [7, 11) is 1.63. The first kappa shape index (κ1) is 23.4. The van der Waals surface area contributed by atoms with E-state index in [1.54, 1.807) is 7.11 Å². The lowest BCUT2D eigenvalue weighted by atomic mass is 9.92. The zero-order valence-electron chi connectivity index (χ0n) is 20.3. The van der Waals surface area contributed by atoms with Gasteiger partial charge in [0.25, 0.3) is 5.91 Å². The first-order chi connectivity index (χ1) is 17.1. The minimum absolute atomic E-state index is 0.0343. The lowest BCUT2D eigenvalue weighted by molar-refractivity contribution is -0.121. The molecule has 6 nitrogen and oxygen atoms in total. The van der Waals surface area contributed by atoms with Gasteiger partial charge in [-0.25, -0.2) is 0 Å². The number of rotatable bonds is 5. The molecule has 0 atom stereocenters. The summed E-state index contributed by atoms with van der Waals surface area (Å²) in [5.74, 6) is 0.992. The number of methoxy groups -OCH3 is 1. The number of ether oxygens (including phenoxy) is 1. The molecule has 2 amide bonds. The van der Waals surface area contributed by atoms with Gasteiger partial charge in [-0.3, -0.25) is 9.59 Å². The van der Waals surface area contributed by atoms with E-state index in [4.69, 9.17) is 4.74 Å². The summed E-state index contributed by atoms with van der Waals surface area (Å²) in [6, 6.07) is 22.1. The Morgan fingerprint density at radius 2 is 1.57 bits per heavy atom. The normalized spacial score (nSPS) is 17.9. The minimum atomic E-state index is 0.0343. The fourth-order valence-corrected chi connectivity index (χ4v) is 5.41. The predicted molar refractivity (Wildman–Crippen MR) is 139 cm³/mol. The zero-order chi connectivity index (χ0) is 24.2. The summed E-state index contributed by atoms with van der Waals surface area (Å²) in [6.45, 7) is 3.43. The molecule has 0 radical (unpaired) electrons. The van der Waals surface area contributed by atoms with E-state index in [1.807, 2.05) is 59.5 Å². The molecule has 2 fully saturated rings. The highest BCUT2D eigenvalue weighted by molar-refractivity contribution is 5.98. The molecule has 2 heterocycles. The summed E-state index contributed by atoms with van der Waals surface area (Å²) < 4.78 is 5.25. The molecule has 3 aromatic carbocycles. The van der Waals surface area contributed by atoms with Crippen molar-refractivity contribution in [2.75, 3.05) is 38.6 Å². The molecule has 35 heavy (non-hydrogen) atoms. The molecular formula is C29H33N3O3. The summed E-state index contributed by atoms with van der Waals surface area (Å²) >= 11 is 0. The van der Waals surface area contributed by atoms with E-state index in [0.717, 1.165) is 79.6 Å². The van der Waals surface area contributed by atoms with E-state index < -0.39 is 0 Å². The third kappa shape index (κ3) is 5.33. The Morgan fingerprint density at radius 1 is 0.829 bits per heavy atom. The van der Waals surface area contributed by atoms with Gasteiger partial charge in [-0.05, 0) is 73.8 Å². The van der Waals surface area contributed by atoms with Crippen molar-refractivity contribution in [3.63, 3.8) is 0 Å². The molecule has 0 spiro atoms. The number of likely N-dealkylation sites (tertiary alicyclic amines) is 2. The van der Waals surface area contributed by atoms with Crippen molar-refractivity contribution in [1.29, 1.82) is 0 Å². The maximum absolute atomic E-state index is 13.1. The van der Waals surface area contributed by atoms with Crippen LogP contribution in [0, 0.1) is 5.92 Å². The molecule has 6 heteroatoms. The summed E-state index contributed by atoms with van der Waals surface area (Å²) in [4.78, 5) is 30.4. The van der Waals surface area contributed by atoms with Gasteiger partial charge in [0.1, 0.15) is 5.75 Å². The number of hydrogen-bond acceptors (Lipinski definition) is 4. The molecule has 0 saturated carbocycles. The van der Waals surface area contributed by atoms with Crippen LogP contribution in [0.4, 0.5) is 5.69 Å². The van der Waals surface area contributed by atoms with Crippen LogP contribution in [0.25, 0.3) is 10.8 Å². The number of nitrogens with one attached hydrogen (secondary N) is 1. The van der Waals surface area contributed by atoms with Crippen molar-refractivity contribution < 1.29 is 14.3 Å². The van der Waals surface area contributed by atoms with Crippen LogP contribution < -0.4 is 10.1 Å². The highest BCUT2D eigenvalue weighted by atomic mass is 16.5. The van der Waals surface area contributed by atoms with E-state index in [-0.39, 0.29) is 17.7 Å². The van der Waals surface area contributed by atoms with E-state index in [2.05, 4.69) is 22.3 Å². The molecule has 5 rings (SSSR count). The number of benzene rings is 3. The number of carbonyl (C=O) groups excluding carboxylic acids is 2.